The number of hydrogen-bond acceptors (Lipinski definition) is 5. The van der Waals surface area contributed by atoms with E-state index in [0.29, 0.717) is 17.4 Å². The third-order valence-corrected chi connectivity index (χ3v) is 4.55. The number of fused-ring (bicyclic) bond motifs is 3. The Morgan fingerprint density at radius 3 is 2.63 bits per heavy atom. The van der Waals surface area contributed by atoms with Crippen molar-refractivity contribution in [2.24, 2.45) is 0 Å². The molecule has 1 aromatic rings. The van der Waals surface area contributed by atoms with Crippen LogP contribution in [0.2, 0.25) is 5.28 Å². The Bertz CT molecular complexity index is 508. The Labute approximate surface area is 117 Å². The molecule has 2 saturated heterocycles. The van der Waals surface area contributed by atoms with Crippen molar-refractivity contribution < 1.29 is 4.74 Å². The normalized spacial score (nSPS) is 29.9. The predicted molar refractivity (Wildman–Crippen MR) is 72.3 cm³/mol. The molecule has 19 heavy (non-hydrogen) atoms. The van der Waals surface area contributed by atoms with Crippen molar-refractivity contribution in [2.75, 3.05) is 25.2 Å². The monoisotopic (exact) mass is 280 g/mol. The molecule has 0 aromatic carbocycles. The highest BCUT2D eigenvalue weighted by Crippen LogP contribution is 2.38. The quantitative estimate of drug-likeness (QED) is 0.728. The van der Waals surface area contributed by atoms with E-state index >= 15 is 0 Å². The van der Waals surface area contributed by atoms with E-state index < -0.39 is 0 Å². The summed E-state index contributed by atoms with van der Waals surface area (Å²) in [7, 11) is 2.10. The summed E-state index contributed by atoms with van der Waals surface area (Å²) in [5, 5.41) is 0.370. The summed E-state index contributed by atoms with van der Waals surface area (Å²) < 4.78 is 5.65. The second-order valence-electron chi connectivity index (χ2n) is 5.74. The highest BCUT2D eigenvalue weighted by atomic mass is 35.5. The smallest absolute Gasteiger partial charge is 0.224 e. The number of rotatable bonds is 1. The van der Waals surface area contributed by atoms with Gasteiger partial charge < -0.3 is 9.64 Å². The summed E-state index contributed by atoms with van der Waals surface area (Å²) in [5.74, 6) is 1.05. The summed E-state index contributed by atoms with van der Waals surface area (Å²) in [6, 6.07) is 0.916. The van der Waals surface area contributed by atoms with Crippen LogP contribution >= 0.6 is 11.6 Å². The van der Waals surface area contributed by atoms with E-state index in [1.165, 1.54) is 18.4 Å². The van der Waals surface area contributed by atoms with Gasteiger partial charge in [-0.25, -0.2) is 9.97 Å². The molecule has 2 atom stereocenters. The van der Waals surface area contributed by atoms with Gasteiger partial charge in [-0.3, -0.25) is 4.90 Å². The van der Waals surface area contributed by atoms with Crippen LogP contribution in [0.1, 0.15) is 24.1 Å². The fourth-order valence-electron chi connectivity index (χ4n) is 3.55. The van der Waals surface area contributed by atoms with E-state index in [4.69, 9.17) is 16.3 Å². The SMILES string of the molecule is CN1Cc2nc(Cl)nc(N3C4CCC3COC4)c2C1. The van der Waals surface area contributed by atoms with Crippen molar-refractivity contribution in [3.8, 4) is 0 Å². The van der Waals surface area contributed by atoms with Gasteiger partial charge in [0.1, 0.15) is 5.82 Å². The van der Waals surface area contributed by atoms with Crippen LogP contribution < -0.4 is 4.90 Å². The molecule has 1 aromatic heterocycles. The van der Waals surface area contributed by atoms with Crippen molar-refractivity contribution in [1.29, 1.82) is 0 Å². The van der Waals surface area contributed by atoms with Crippen LogP contribution in [0, 0.1) is 0 Å². The fourth-order valence-corrected chi connectivity index (χ4v) is 3.73. The predicted octanol–water partition coefficient (Wildman–Crippen LogP) is 1.44. The van der Waals surface area contributed by atoms with Gasteiger partial charge in [0, 0.05) is 18.7 Å². The van der Waals surface area contributed by atoms with Crippen LogP contribution in [0.15, 0.2) is 0 Å². The summed E-state index contributed by atoms with van der Waals surface area (Å²) in [6.45, 7) is 3.40. The Morgan fingerprint density at radius 1 is 1.16 bits per heavy atom. The van der Waals surface area contributed by atoms with Gasteiger partial charge in [-0.15, -0.1) is 0 Å². The Balaban J connectivity index is 1.79. The zero-order chi connectivity index (χ0) is 13.0. The largest absolute Gasteiger partial charge is 0.377 e. The standard InChI is InChI=1S/C13H17ClN4O/c1-17-4-10-11(5-17)15-13(14)16-12(10)18-8-2-3-9(18)7-19-6-8/h8-9H,2-7H2,1H3. The van der Waals surface area contributed by atoms with Gasteiger partial charge in [0.2, 0.25) is 5.28 Å². The second kappa shape index (κ2) is 4.30. The summed E-state index contributed by atoms with van der Waals surface area (Å²) >= 11 is 6.11. The minimum atomic E-state index is 0.370. The lowest BCUT2D eigenvalue weighted by atomic mass is 10.2. The molecule has 3 aliphatic heterocycles. The molecule has 0 radical (unpaired) electrons. The van der Waals surface area contributed by atoms with E-state index in [2.05, 4.69) is 26.8 Å². The van der Waals surface area contributed by atoms with Crippen molar-refractivity contribution in [3.63, 3.8) is 0 Å². The highest BCUT2D eigenvalue weighted by molar-refractivity contribution is 6.28. The lowest BCUT2D eigenvalue weighted by Gasteiger charge is -2.36. The van der Waals surface area contributed by atoms with Crippen LogP contribution in [-0.4, -0.2) is 47.2 Å². The molecule has 0 saturated carbocycles. The van der Waals surface area contributed by atoms with Crippen LogP contribution in [0.5, 0.6) is 0 Å². The summed E-state index contributed by atoms with van der Waals surface area (Å²) in [4.78, 5) is 13.6. The first-order chi connectivity index (χ1) is 9.22. The number of ether oxygens (including phenoxy) is 1. The molecule has 102 valence electrons. The molecule has 4 rings (SSSR count). The maximum absolute atomic E-state index is 6.11. The van der Waals surface area contributed by atoms with Crippen LogP contribution in [-0.2, 0) is 17.8 Å². The highest BCUT2D eigenvalue weighted by Gasteiger charge is 2.40. The summed E-state index contributed by atoms with van der Waals surface area (Å²) in [6.07, 6.45) is 2.38. The van der Waals surface area contributed by atoms with E-state index in [0.717, 1.165) is 37.8 Å². The van der Waals surface area contributed by atoms with E-state index in [1.54, 1.807) is 0 Å². The molecule has 4 heterocycles. The Kier molecular flexibility index (Phi) is 2.69. The van der Waals surface area contributed by atoms with Crippen molar-refractivity contribution in [2.45, 2.75) is 38.0 Å². The number of hydrogen-bond donors (Lipinski definition) is 0. The number of halogens is 1. The first-order valence-electron chi connectivity index (χ1n) is 6.82. The molecular formula is C13H17ClN4O. The molecule has 3 aliphatic rings. The van der Waals surface area contributed by atoms with Gasteiger partial charge in [-0.2, -0.15) is 0 Å². The van der Waals surface area contributed by atoms with Gasteiger partial charge in [0.05, 0.1) is 31.0 Å². The Hall–Kier alpha value is -0.910. The maximum atomic E-state index is 6.11. The molecule has 5 nitrogen and oxygen atoms in total. The average Bonchev–Trinajstić information content (AvgIpc) is 2.85. The van der Waals surface area contributed by atoms with Crippen molar-refractivity contribution >= 4 is 17.4 Å². The zero-order valence-electron chi connectivity index (χ0n) is 11.0. The summed E-state index contributed by atoms with van der Waals surface area (Å²) in [5.41, 5.74) is 2.34. The van der Waals surface area contributed by atoms with Crippen molar-refractivity contribution in [1.82, 2.24) is 14.9 Å². The maximum Gasteiger partial charge on any atom is 0.224 e. The van der Waals surface area contributed by atoms with E-state index in [1.807, 2.05) is 0 Å². The molecule has 0 spiro atoms. The minimum Gasteiger partial charge on any atom is -0.377 e. The third kappa shape index (κ3) is 1.83. The molecule has 2 unspecified atom stereocenters. The molecule has 0 amide bonds. The molecule has 6 heteroatoms. The number of aromatic nitrogens is 2. The van der Waals surface area contributed by atoms with Crippen LogP contribution in [0.4, 0.5) is 5.82 Å². The molecule has 0 aliphatic carbocycles. The first kappa shape index (κ1) is 11.9. The van der Waals surface area contributed by atoms with Crippen LogP contribution in [0.25, 0.3) is 0 Å². The molecule has 0 N–H and O–H groups in total. The second-order valence-corrected chi connectivity index (χ2v) is 6.08. The lowest BCUT2D eigenvalue weighted by molar-refractivity contribution is 0.0901. The number of anilines is 1. The fraction of sp³-hybridized carbons (Fsp3) is 0.692. The molecular weight excluding hydrogens is 264 g/mol. The number of nitrogens with zero attached hydrogens (tertiary/aromatic N) is 4. The Morgan fingerprint density at radius 2 is 1.89 bits per heavy atom. The molecule has 2 bridgehead atoms. The minimum absolute atomic E-state index is 0.370. The van der Waals surface area contributed by atoms with Gasteiger partial charge in [0.15, 0.2) is 0 Å². The topological polar surface area (TPSA) is 41.5 Å². The van der Waals surface area contributed by atoms with Gasteiger partial charge in [-0.1, -0.05) is 0 Å². The van der Waals surface area contributed by atoms with Gasteiger partial charge in [-0.05, 0) is 31.5 Å². The number of morpholine rings is 1. The lowest BCUT2D eigenvalue weighted by Crippen LogP contribution is -2.46. The van der Waals surface area contributed by atoms with Crippen LogP contribution in [0.3, 0.4) is 0 Å². The van der Waals surface area contributed by atoms with E-state index in [9.17, 15) is 0 Å². The average molecular weight is 281 g/mol. The van der Waals surface area contributed by atoms with Gasteiger partial charge in [0.25, 0.3) is 0 Å². The van der Waals surface area contributed by atoms with E-state index in [-0.39, 0.29) is 0 Å². The van der Waals surface area contributed by atoms with Gasteiger partial charge >= 0.3 is 0 Å². The zero-order valence-corrected chi connectivity index (χ0v) is 11.7. The van der Waals surface area contributed by atoms with Crippen molar-refractivity contribution in [3.05, 3.63) is 16.5 Å². The third-order valence-electron chi connectivity index (χ3n) is 4.38. The molecule has 2 fully saturated rings. The first-order valence-corrected chi connectivity index (χ1v) is 7.20.